The van der Waals surface area contributed by atoms with Crippen LogP contribution < -0.4 is 4.74 Å². The second-order valence-corrected chi connectivity index (χ2v) is 5.37. The van der Waals surface area contributed by atoms with Gasteiger partial charge in [0, 0.05) is 0 Å². The summed E-state index contributed by atoms with van der Waals surface area (Å²) in [6, 6.07) is 13.4. The van der Waals surface area contributed by atoms with Crippen molar-refractivity contribution in [2.45, 2.75) is 32.3 Å². The van der Waals surface area contributed by atoms with E-state index in [2.05, 4.69) is 19.1 Å². The van der Waals surface area contributed by atoms with Gasteiger partial charge in [0.1, 0.15) is 11.9 Å². The molecule has 0 amide bonds. The van der Waals surface area contributed by atoms with Crippen LogP contribution in [0.15, 0.2) is 42.5 Å². The molecule has 0 bridgehead atoms. The Bertz CT molecular complexity index is 676. The molecular weight excluding hydrogens is 264 g/mol. The highest BCUT2D eigenvalue weighted by Crippen LogP contribution is 2.35. The molecule has 0 aromatic heterocycles. The van der Waals surface area contributed by atoms with E-state index in [0.29, 0.717) is 5.56 Å². The standard InChI is InChI=1S/C18H18O3/c1-2-12-6-8-16-14(10-12)7-9-17(21-16)13-4-3-5-15(11-13)18(19)20/h3-6,8,10-11,17H,2,7,9H2,1H3,(H,19,20). The lowest BCUT2D eigenvalue weighted by atomic mass is 9.95. The Morgan fingerprint density at radius 3 is 2.90 bits per heavy atom. The fourth-order valence-corrected chi connectivity index (χ4v) is 2.77. The minimum absolute atomic E-state index is 0.0655. The van der Waals surface area contributed by atoms with Crippen LogP contribution >= 0.6 is 0 Å². The minimum atomic E-state index is -0.902. The summed E-state index contributed by atoms with van der Waals surface area (Å²) < 4.78 is 6.06. The summed E-state index contributed by atoms with van der Waals surface area (Å²) in [6.07, 6.45) is 2.80. The second kappa shape index (κ2) is 5.60. The van der Waals surface area contributed by atoms with Gasteiger partial charge in [-0.2, -0.15) is 0 Å². The van der Waals surface area contributed by atoms with Gasteiger partial charge < -0.3 is 9.84 Å². The number of aryl methyl sites for hydroxylation is 2. The van der Waals surface area contributed by atoms with Gasteiger partial charge in [-0.25, -0.2) is 4.79 Å². The van der Waals surface area contributed by atoms with Gasteiger partial charge in [-0.1, -0.05) is 31.2 Å². The summed E-state index contributed by atoms with van der Waals surface area (Å²) in [4.78, 5) is 11.1. The van der Waals surface area contributed by atoms with Gasteiger partial charge in [-0.15, -0.1) is 0 Å². The number of hydrogen-bond donors (Lipinski definition) is 1. The fraction of sp³-hybridized carbons (Fsp3) is 0.278. The molecule has 3 rings (SSSR count). The quantitative estimate of drug-likeness (QED) is 0.925. The Balaban J connectivity index is 1.86. The van der Waals surface area contributed by atoms with Crippen LogP contribution in [0.4, 0.5) is 0 Å². The first-order valence-electron chi connectivity index (χ1n) is 7.29. The highest BCUT2D eigenvalue weighted by atomic mass is 16.5. The molecule has 0 fully saturated rings. The summed E-state index contributed by atoms with van der Waals surface area (Å²) in [7, 11) is 0. The van der Waals surface area contributed by atoms with E-state index in [1.807, 2.05) is 12.1 Å². The molecule has 1 heterocycles. The van der Waals surface area contributed by atoms with E-state index in [4.69, 9.17) is 9.84 Å². The molecule has 0 aliphatic carbocycles. The molecule has 0 radical (unpaired) electrons. The average Bonchev–Trinajstić information content (AvgIpc) is 2.54. The van der Waals surface area contributed by atoms with Crippen LogP contribution in [0.2, 0.25) is 0 Å². The number of carboxylic acid groups (broad SMARTS) is 1. The van der Waals surface area contributed by atoms with Crippen molar-refractivity contribution < 1.29 is 14.6 Å². The van der Waals surface area contributed by atoms with Crippen LogP contribution in [0.5, 0.6) is 5.75 Å². The van der Waals surface area contributed by atoms with Gasteiger partial charge in [0.25, 0.3) is 0 Å². The number of carboxylic acids is 1. The molecule has 1 atom stereocenters. The van der Waals surface area contributed by atoms with Crippen molar-refractivity contribution in [3.05, 3.63) is 64.7 Å². The first-order valence-corrected chi connectivity index (χ1v) is 7.29. The number of hydrogen-bond acceptors (Lipinski definition) is 2. The SMILES string of the molecule is CCc1ccc2c(c1)CCC(c1cccc(C(=O)O)c1)O2. The van der Waals surface area contributed by atoms with Crippen molar-refractivity contribution in [3.8, 4) is 5.75 Å². The van der Waals surface area contributed by atoms with Crippen LogP contribution in [0.1, 0.15) is 46.5 Å². The maximum atomic E-state index is 11.1. The molecule has 1 N–H and O–H groups in total. The number of ether oxygens (including phenoxy) is 1. The predicted molar refractivity (Wildman–Crippen MR) is 80.9 cm³/mol. The number of aromatic carboxylic acids is 1. The summed E-state index contributed by atoms with van der Waals surface area (Å²) in [6.45, 7) is 2.14. The first kappa shape index (κ1) is 13.7. The maximum Gasteiger partial charge on any atom is 0.335 e. The van der Waals surface area contributed by atoms with Crippen LogP contribution in [0.25, 0.3) is 0 Å². The monoisotopic (exact) mass is 282 g/mol. The topological polar surface area (TPSA) is 46.5 Å². The molecule has 1 aliphatic heterocycles. The van der Waals surface area contributed by atoms with Crippen molar-refractivity contribution in [2.24, 2.45) is 0 Å². The van der Waals surface area contributed by atoms with Crippen molar-refractivity contribution in [1.29, 1.82) is 0 Å². The van der Waals surface area contributed by atoms with Crippen molar-refractivity contribution in [2.75, 3.05) is 0 Å². The Kier molecular flexibility index (Phi) is 3.65. The molecule has 0 saturated carbocycles. The van der Waals surface area contributed by atoms with E-state index in [-0.39, 0.29) is 6.10 Å². The van der Waals surface area contributed by atoms with Crippen LogP contribution in [-0.4, -0.2) is 11.1 Å². The third-order valence-corrected chi connectivity index (χ3v) is 3.98. The van der Waals surface area contributed by atoms with E-state index >= 15 is 0 Å². The Labute approximate surface area is 124 Å². The molecule has 3 heteroatoms. The molecule has 1 aliphatic rings. The highest BCUT2D eigenvalue weighted by molar-refractivity contribution is 5.87. The van der Waals surface area contributed by atoms with Crippen LogP contribution in [-0.2, 0) is 12.8 Å². The van der Waals surface area contributed by atoms with Crippen LogP contribution in [0.3, 0.4) is 0 Å². The smallest absolute Gasteiger partial charge is 0.335 e. The molecule has 3 nitrogen and oxygen atoms in total. The molecule has 0 saturated heterocycles. The van der Waals surface area contributed by atoms with Gasteiger partial charge in [0.15, 0.2) is 0 Å². The average molecular weight is 282 g/mol. The van der Waals surface area contributed by atoms with E-state index in [9.17, 15) is 4.79 Å². The van der Waals surface area contributed by atoms with E-state index < -0.39 is 5.97 Å². The summed E-state index contributed by atoms with van der Waals surface area (Å²) in [5.41, 5.74) is 3.81. The van der Waals surface area contributed by atoms with E-state index in [1.165, 1.54) is 11.1 Å². The predicted octanol–water partition coefficient (Wildman–Crippen LogP) is 4.01. The molecule has 2 aromatic rings. The lowest BCUT2D eigenvalue weighted by Crippen LogP contribution is -2.15. The van der Waals surface area contributed by atoms with Crippen molar-refractivity contribution in [1.82, 2.24) is 0 Å². The van der Waals surface area contributed by atoms with Gasteiger partial charge in [0.05, 0.1) is 5.56 Å². The zero-order valence-electron chi connectivity index (χ0n) is 12.0. The second-order valence-electron chi connectivity index (χ2n) is 5.37. The molecule has 21 heavy (non-hydrogen) atoms. The highest BCUT2D eigenvalue weighted by Gasteiger charge is 2.22. The van der Waals surface area contributed by atoms with Gasteiger partial charge in [-0.3, -0.25) is 0 Å². The van der Waals surface area contributed by atoms with Crippen molar-refractivity contribution in [3.63, 3.8) is 0 Å². The number of fused-ring (bicyclic) bond motifs is 1. The largest absolute Gasteiger partial charge is 0.485 e. The Morgan fingerprint density at radius 1 is 1.29 bits per heavy atom. The zero-order chi connectivity index (χ0) is 14.8. The summed E-state index contributed by atoms with van der Waals surface area (Å²) in [5, 5.41) is 9.08. The Hall–Kier alpha value is -2.29. The van der Waals surface area contributed by atoms with E-state index in [1.54, 1.807) is 18.2 Å². The molecule has 1 unspecified atom stereocenters. The first-order chi connectivity index (χ1) is 10.2. The third kappa shape index (κ3) is 2.77. The number of carbonyl (C=O) groups is 1. The number of benzene rings is 2. The number of rotatable bonds is 3. The molecule has 2 aromatic carbocycles. The fourth-order valence-electron chi connectivity index (χ4n) is 2.77. The zero-order valence-corrected chi connectivity index (χ0v) is 12.0. The van der Waals surface area contributed by atoms with Crippen LogP contribution in [0, 0.1) is 0 Å². The maximum absolute atomic E-state index is 11.1. The third-order valence-electron chi connectivity index (χ3n) is 3.98. The van der Waals surface area contributed by atoms with E-state index in [0.717, 1.165) is 30.6 Å². The lowest BCUT2D eigenvalue weighted by molar-refractivity contribution is 0.0696. The summed E-state index contributed by atoms with van der Waals surface area (Å²) in [5.74, 6) is 0.0184. The lowest BCUT2D eigenvalue weighted by Gasteiger charge is -2.27. The summed E-state index contributed by atoms with van der Waals surface area (Å²) >= 11 is 0. The van der Waals surface area contributed by atoms with Gasteiger partial charge in [-0.05, 0) is 54.2 Å². The minimum Gasteiger partial charge on any atom is -0.485 e. The Morgan fingerprint density at radius 2 is 2.14 bits per heavy atom. The van der Waals surface area contributed by atoms with Gasteiger partial charge in [0.2, 0.25) is 0 Å². The van der Waals surface area contributed by atoms with Gasteiger partial charge >= 0.3 is 5.97 Å². The normalized spacial score (nSPS) is 16.9. The molecule has 0 spiro atoms. The molecule has 108 valence electrons. The van der Waals surface area contributed by atoms with Crippen molar-refractivity contribution >= 4 is 5.97 Å². The molecular formula is C18H18O3.